The van der Waals surface area contributed by atoms with Gasteiger partial charge >= 0.3 is 0 Å². The van der Waals surface area contributed by atoms with E-state index in [1.165, 1.54) is 25.7 Å². The van der Waals surface area contributed by atoms with Crippen LogP contribution in [0.15, 0.2) is 24.3 Å². The van der Waals surface area contributed by atoms with Crippen molar-refractivity contribution in [3.8, 4) is 11.6 Å². The van der Waals surface area contributed by atoms with E-state index in [0.717, 1.165) is 89.8 Å². The SMILES string of the molecule is COc1ccc2nc3c(c(Nc4cc(CN5CCCC5)c(O)c(CN5CCCC5)c4)c2n1)=CCC(Cl)C=3. The van der Waals surface area contributed by atoms with Crippen LogP contribution in [0, 0.1) is 0 Å². The number of hydrogen-bond acceptors (Lipinski definition) is 7. The van der Waals surface area contributed by atoms with Gasteiger partial charge in [-0.3, -0.25) is 9.80 Å². The first kappa shape index (κ1) is 24.5. The number of alkyl halides is 1. The molecule has 2 aliphatic heterocycles. The van der Waals surface area contributed by atoms with Crippen molar-refractivity contribution in [1.82, 2.24) is 19.8 Å². The Balaban J connectivity index is 1.46. The van der Waals surface area contributed by atoms with Gasteiger partial charge in [-0.25, -0.2) is 9.97 Å². The van der Waals surface area contributed by atoms with E-state index in [1.807, 2.05) is 18.2 Å². The molecule has 1 aromatic carbocycles. The van der Waals surface area contributed by atoms with Gasteiger partial charge in [0, 0.05) is 41.2 Å². The van der Waals surface area contributed by atoms with Crippen LogP contribution in [0.2, 0.25) is 0 Å². The van der Waals surface area contributed by atoms with E-state index in [-0.39, 0.29) is 5.38 Å². The summed E-state index contributed by atoms with van der Waals surface area (Å²) in [6.07, 6.45) is 9.76. The summed E-state index contributed by atoms with van der Waals surface area (Å²) in [5, 5.41) is 16.8. The molecule has 6 rings (SSSR count). The Morgan fingerprint density at radius 3 is 2.27 bits per heavy atom. The smallest absolute Gasteiger partial charge is 0.213 e. The van der Waals surface area contributed by atoms with E-state index in [0.29, 0.717) is 11.6 Å². The number of aromatic hydroxyl groups is 1. The van der Waals surface area contributed by atoms with Gasteiger partial charge in [-0.1, -0.05) is 6.08 Å². The van der Waals surface area contributed by atoms with Crippen molar-refractivity contribution >= 4 is 46.2 Å². The number of methoxy groups -OCH3 is 1. The second-order valence-corrected chi connectivity index (χ2v) is 10.9. The number of fused-ring (bicyclic) bond motifs is 2. The first-order valence-corrected chi connectivity index (χ1v) is 13.8. The zero-order chi connectivity index (χ0) is 25.4. The lowest BCUT2D eigenvalue weighted by Gasteiger charge is -2.22. The molecule has 4 heterocycles. The topological polar surface area (TPSA) is 73.8 Å². The van der Waals surface area contributed by atoms with E-state index in [9.17, 15) is 5.11 Å². The number of phenolic OH excluding ortho intramolecular Hbond substituents is 1. The average Bonchev–Trinajstić information content (AvgIpc) is 3.61. The summed E-state index contributed by atoms with van der Waals surface area (Å²) in [6, 6.07) is 7.96. The van der Waals surface area contributed by atoms with Gasteiger partial charge < -0.3 is 15.2 Å². The number of pyridine rings is 2. The summed E-state index contributed by atoms with van der Waals surface area (Å²) >= 11 is 6.46. The van der Waals surface area contributed by atoms with E-state index >= 15 is 0 Å². The number of hydrogen-bond donors (Lipinski definition) is 2. The third kappa shape index (κ3) is 5.13. The Bertz CT molecular complexity index is 1390. The number of rotatable bonds is 7. The number of nitrogens with zero attached hydrogens (tertiary/aromatic N) is 4. The molecule has 3 aliphatic rings. The van der Waals surface area contributed by atoms with Gasteiger partial charge in [0.05, 0.1) is 29.0 Å². The maximum absolute atomic E-state index is 11.3. The van der Waals surface area contributed by atoms with Gasteiger partial charge in [0.2, 0.25) is 5.88 Å². The number of aromatic nitrogens is 2. The quantitative estimate of drug-likeness (QED) is 0.363. The molecule has 0 saturated carbocycles. The number of likely N-dealkylation sites (tertiary alicyclic amines) is 2. The largest absolute Gasteiger partial charge is 0.507 e. The number of phenols is 1. The second-order valence-electron chi connectivity index (χ2n) is 10.4. The minimum Gasteiger partial charge on any atom is -0.507 e. The van der Waals surface area contributed by atoms with Crippen LogP contribution < -0.4 is 20.6 Å². The monoisotopic (exact) mass is 519 g/mol. The van der Waals surface area contributed by atoms with Crippen LogP contribution >= 0.6 is 11.6 Å². The molecule has 2 aromatic heterocycles. The number of anilines is 2. The number of ether oxygens (including phenoxy) is 1. The van der Waals surface area contributed by atoms with Crippen molar-refractivity contribution in [2.75, 3.05) is 38.6 Å². The molecule has 0 radical (unpaired) electrons. The predicted molar refractivity (Wildman–Crippen MR) is 149 cm³/mol. The lowest BCUT2D eigenvalue weighted by molar-refractivity contribution is 0.312. The third-order valence-electron chi connectivity index (χ3n) is 7.69. The molecule has 2 fully saturated rings. The Kier molecular flexibility index (Phi) is 6.93. The molecule has 1 atom stereocenters. The Labute approximate surface area is 222 Å². The van der Waals surface area contributed by atoms with Crippen molar-refractivity contribution in [1.29, 1.82) is 0 Å². The van der Waals surface area contributed by atoms with Gasteiger partial charge in [-0.05, 0) is 82.6 Å². The Hall–Kier alpha value is -2.87. The van der Waals surface area contributed by atoms with Gasteiger partial charge in [0.1, 0.15) is 11.3 Å². The number of benzene rings is 1. The molecule has 0 amide bonds. The highest BCUT2D eigenvalue weighted by atomic mass is 35.5. The lowest BCUT2D eigenvalue weighted by atomic mass is 10.0. The molecular weight excluding hydrogens is 486 g/mol. The maximum Gasteiger partial charge on any atom is 0.213 e. The number of nitrogens with one attached hydrogen (secondary N) is 1. The summed E-state index contributed by atoms with van der Waals surface area (Å²) in [6.45, 7) is 5.82. The molecule has 0 bridgehead atoms. The molecule has 37 heavy (non-hydrogen) atoms. The third-order valence-corrected chi connectivity index (χ3v) is 7.99. The van der Waals surface area contributed by atoms with E-state index in [4.69, 9.17) is 26.3 Å². The van der Waals surface area contributed by atoms with Crippen molar-refractivity contribution < 1.29 is 9.84 Å². The standard InChI is InChI=1S/C29H34ClN5O2/c1-37-26-9-8-24-28(33-26)27(23-7-6-21(30)16-25(23)32-24)31-22-14-19(17-34-10-2-3-11-34)29(36)20(15-22)18-35-12-4-5-13-35/h7-9,14-16,21,31,36H,2-6,10-13,17-18H2,1H3. The van der Waals surface area contributed by atoms with Crippen LogP contribution in [0.3, 0.4) is 0 Å². The molecule has 0 spiro atoms. The van der Waals surface area contributed by atoms with Crippen LogP contribution in [0.5, 0.6) is 11.6 Å². The van der Waals surface area contributed by atoms with Crippen LogP contribution in [0.25, 0.3) is 23.2 Å². The van der Waals surface area contributed by atoms with Crippen LogP contribution in [-0.2, 0) is 13.1 Å². The maximum atomic E-state index is 11.3. The molecule has 8 heteroatoms. The minimum atomic E-state index is -0.0793. The van der Waals surface area contributed by atoms with Gasteiger partial charge in [0.25, 0.3) is 0 Å². The highest BCUT2D eigenvalue weighted by Gasteiger charge is 2.21. The van der Waals surface area contributed by atoms with Crippen LogP contribution in [0.1, 0.15) is 43.2 Å². The zero-order valence-corrected chi connectivity index (χ0v) is 22.1. The molecular formula is C29H34ClN5O2. The first-order valence-electron chi connectivity index (χ1n) is 13.3. The minimum absolute atomic E-state index is 0.0793. The average molecular weight is 520 g/mol. The molecule has 1 aliphatic carbocycles. The van der Waals surface area contributed by atoms with Gasteiger partial charge in [-0.15, -0.1) is 11.6 Å². The summed E-state index contributed by atoms with van der Waals surface area (Å²) in [7, 11) is 1.63. The molecule has 2 N–H and O–H groups in total. The summed E-state index contributed by atoms with van der Waals surface area (Å²) in [5.41, 5.74) is 5.31. The molecule has 2 saturated heterocycles. The lowest BCUT2D eigenvalue weighted by Crippen LogP contribution is -2.35. The molecule has 194 valence electrons. The van der Waals surface area contributed by atoms with Crippen LogP contribution in [0.4, 0.5) is 11.4 Å². The van der Waals surface area contributed by atoms with E-state index < -0.39 is 0 Å². The van der Waals surface area contributed by atoms with Crippen LogP contribution in [-0.4, -0.2) is 63.5 Å². The van der Waals surface area contributed by atoms with Crippen molar-refractivity contribution in [3.05, 3.63) is 46.0 Å². The normalized spacial score (nSPS) is 20.0. The fraction of sp³-hybridized carbons (Fsp3) is 0.448. The Morgan fingerprint density at radius 1 is 1.00 bits per heavy atom. The van der Waals surface area contributed by atoms with E-state index in [2.05, 4.69) is 33.3 Å². The predicted octanol–water partition coefficient (Wildman–Crippen LogP) is 3.85. The fourth-order valence-corrected chi connectivity index (χ4v) is 5.99. The fourth-order valence-electron chi connectivity index (χ4n) is 5.78. The number of halogens is 1. The second kappa shape index (κ2) is 10.5. The highest BCUT2D eigenvalue weighted by molar-refractivity contribution is 6.24. The Morgan fingerprint density at radius 2 is 1.65 bits per heavy atom. The van der Waals surface area contributed by atoms with Crippen molar-refractivity contribution in [3.63, 3.8) is 0 Å². The first-order chi connectivity index (χ1) is 18.1. The summed E-state index contributed by atoms with van der Waals surface area (Å²) in [5.74, 6) is 0.970. The van der Waals surface area contributed by atoms with Gasteiger partial charge in [0.15, 0.2) is 0 Å². The molecule has 7 nitrogen and oxygen atoms in total. The summed E-state index contributed by atoms with van der Waals surface area (Å²) < 4.78 is 5.44. The van der Waals surface area contributed by atoms with Crippen molar-refractivity contribution in [2.24, 2.45) is 0 Å². The summed E-state index contributed by atoms with van der Waals surface area (Å²) in [4.78, 5) is 14.5. The zero-order valence-electron chi connectivity index (χ0n) is 21.3. The van der Waals surface area contributed by atoms with Gasteiger partial charge in [-0.2, -0.15) is 0 Å². The highest BCUT2D eigenvalue weighted by Crippen LogP contribution is 2.33. The van der Waals surface area contributed by atoms with Crippen molar-refractivity contribution in [2.45, 2.75) is 50.6 Å². The molecule has 3 aromatic rings. The van der Waals surface area contributed by atoms with E-state index in [1.54, 1.807) is 7.11 Å². The molecule has 1 unspecified atom stereocenters.